The van der Waals surface area contributed by atoms with Crippen LogP contribution in [-0.2, 0) is 4.79 Å². The smallest absolute Gasteiger partial charge is 0.258 e. The monoisotopic (exact) mass is 252 g/mol. The van der Waals surface area contributed by atoms with Crippen molar-refractivity contribution in [1.29, 1.82) is 0 Å². The minimum Gasteiger partial charge on any atom is -0.497 e. The summed E-state index contributed by atoms with van der Waals surface area (Å²) in [7, 11) is 1.52. The summed E-state index contributed by atoms with van der Waals surface area (Å²) < 4.78 is 10.5. The average Bonchev–Trinajstić information content (AvgIpc) is 2.37. The van der Waals surface area contributed by atoms with Crippen molar-refractivity contribution in [1.82, 2.24) is 0 Å². The van der Waals surface area contributed by atoms with Gasteiger partial charge in [-0.2, -0.15) is 0 Å². The van der Waals surface area contributed by atoms with E-state index in [4.69, 9.17) is 20.4 Å². The predicted octanol–water partition coefficient (Wildman–Crippen LogP) is 1.15. The molecule has 0 aromatic heterocycles. The Morgan fingerprint density at radius 3 is 2.67 bits per heavy atom. The zero-order valence-corrected chi connectivity index (χ0v) is 10.5. The van der Waals surface area contributed by atoms with Crippen LogP contribution in [0.3, 0.4) is 0 Å². The highest BCUT2D eigenvalue weighted by Crippen LogP contribution is 2.26. The molecule has 0 fully saturated rings. The Balaban J connectivity index is 3.15. The Morgan fingerprint density at radius 1 is 1.50 bits per heavy atom. The van der Waals surface area contributed by atoms with E-state index in [2.05, 4.69) is 5.16 Å². The fourth-order valence-electron chi connectivity index (χ4n) is 1.33. The number of ether oxygens (including phenoxy) is 2. The SMILES string of the molecule is COc1ccc(/C(C)=N/O)c(OC(C)C(N)=O)c1. The van der Waals surface area contributed by atoms with Gasteiger partial charge in [0.2, 0.25) is 0 Å². The number of carbonyl (C=O) groups is 1. The molecule has 0 heterocycles. The summed E-state index contributed by atoms with van der Waals surface area (Å²) >= 11 is 0. The molecule has 0 aliphatic carbocycles. The van der Waals surface area contributed by atoms with E-state index in [-0.39, 0.29) is 0 Å². The Morgan fingerprint density at radius 2 is 2.17 bits per heavy atom. The highest BCUT2D eigenvalue weighted by molar-refractivity contribution is 6.01. The van der Waals surface area contributed by atoms with Gasteiger partial charge in [-0.15, -0.1) is 0 Å². The number of oxime groups is 1. The van der Waals surface area contributed by atoms with Crippen LogP contribution < -0.4 is 15.2 Å². The maximum absolute atomic E-state index is 11.0. The van der Waals surface area contributed by atoms with Gasteiger partial charge in [0.15, 0.2) is 6.10 Å². The van der Waals surface area contributed by atoms with E-state index in [1.165, 1.54) is 14.0 Å². The minimum absolute atomic E-state index is 0.365. The van der Waals surface area contributed by atoms with Crippen LogP contribution in [0.1, 0.15) is 19.4 Å². The van der Waals surface area contributed by atoms with Crippen molar-refractivity contribution in [3.8, 4) is 11.5 Å². The zero-order valence-electron chi connectivity index (χ0n) is 10.5. The molecule has 0 radical (unpaired) electrons. The van der Waals surface area contributed by atoms with Crippen molar-refractivity contribution < 1.29 is 19.5 Å². The normalized spacial score (nSPS) is 12.9. The van der Waals surface area contributed by atoms with Crippen molar-refractivity contribution in [3.63, 3.8) is 0 Å². The summed E-state index contributed by atoms with van der Waals surface area (Å²) in [5.41, 5.74) is 6.06. The maximum Gasteiger partial charge on any atom is 0.258 e. The van der Waals surface area contributed by atoms with Crippen molar-refractivity contribution in [3.05, 3.63) is 23.8 Å². The Labute approximate surface area is 105 Å². The zero-order chi connectivity index (χ0) is 13.7. The lowest BCUT2D eigenvalue weighted by atomic mass is 10.1. The number of primary amides is 1. The van der Waals surface area contributed by atoms with Gasteiger partial charge in [0.05, 0.1) is 12.8 Å². The summed E-state index contributed by atoms with van der Waals surface area (Å²) in [6.07, 6.45) is -0.789. The molecule has 0 aliphatic rings. The third kappa shape index (κ3) is 3.13. The van der Waals surface area contributed by atoms with Gasteiger partial charge in [0, 0.05) is 11.6 Å². The molecule has 0 bridgehead atoms. The molecule has 1 aromatic rings. The van der Waals surface area contributed by atoms with Crippen LogP contribution in [0.2, 0.25) is 0 Å². The molecule has 0 saturated carbocycles. The van der Waals surface area contributed by atoms with Crippen LogP contribution in [0, 0.1) is 0 Å². The van der Waals surface area contributed by atoms with Gasteiger partial charge in [-0.05, 0) is 26.0 Å². The summed E-state index contributed by atoms with van der Waals surface area (Å²) in [6, 6.07) is 4.98. The lowest BCUT2D eigenvalue weighted by Gasteiger charge is -2.15. The number of nitrogens with two attached hydrogens (primary N) is 1. The molecule has 1 unspecified atom stereocenters. The van der Waals surface area contributed by atoms with Crippen LogP contribution in [0.4, 0.5) is 0 Å². The topological polar surface area (TPSA) is 94.1 Å². The lowest BCUT2D eigenvalue weighted by molar-refractivity contribution is -0.123. The molecule has 3 N–H and O–H groups in total. The van der Waals surface area contributed by atoms with Crippen molar-refractivity contribution in [2.45, 2.75) is 20.0 Å². The van der Waals surface area contributed by atoms with Crippen molar-refractivity contribution >= 4 is 11.6 Å². The third-order valence-electron chi connectivity index (χ3n) is 2.43. The molecule has 1 aromatic carbocycles. The van der Waals surface area contributed by atoms with E-state index in [0.717, 1.165) is 0 Å². The first-order valence-electron chi connectivity index (χ1n) is 5.32. The number of carbonyl (C=O) groups excluding carboxylic acids is 1. The van der Waals surface area contributed by atoms with Crippen LogP contribution in [0.15, 0.2) is 23.4 Å². The van der Waals surface area contributed by atoms with E-state index < -0.39 is 12.0 Å². The van der Waals surface area contributed by atoms with E-state index in [1.54, 1.807) is 25.1 Å². The number of benzene rings is 1. The molecule has 6 nitrogen and oxygen atoms in total. The van der Waals surface area contributed by atoms with Gasteiger partial charge >= 0.3 is 0 Å². The molecular formula is C12H16N2O4. The molecule has 0 saturated heterocycles. The molecule has 1 rings (SSSR count). The van der Waals surface area contributed by atoms with E-state index in [0.29, 0.717) is 22.8 Å². The van der Waals surface area contributed by atoms with Crippen LogP contribution >= 0.6 is 0 Å². The number of hydrogen-bond donors (Lipinski definition) is 2. The molecule has 6 heteroatoms. The highest BCUT2D eigenvalue weighted by atomic mass is 16.5. The minimum atomic E-state index is -0.789. The van der Waals surface area contributed by atoms with Crippen molar-refractivity contribution in [2.24, 2.45) is 10.9 Å². The van der Waals surface area contributed by atoms with Crippen LogP contribution in [-0.4, -0.2) is 30.0 Å². The number of rotatable bonds is 5. The van der Waals surface area contributed by atoms with E-state index >= 15 is 0 Å². The standard InChI is InChI=1S/C12H16N2O4/c1-7(14-16)10-5-4-9(17-3)6-11(10)18-8(2)12(13)15/h4-6,8,16H,1-3H3,(H2,13,15)/b14-7+. The van der Waals surface area contributed by atoms with Gasteiger partial charge in [-0.3, -0.25) is 4.79 Å². The largest absolute Gasteiger partial charge is 0.497 e. The Bertz CT molecular complexity index is 471. The number of hydrogen-bond acceptors (Lipinski definition) is 5. The average molecular weight is 252 g/mol. The molecule has 1 amide bonds. The Kier molecular flexibility index (Phi) is 4.53. The predicted molar refractivity (Wildman–Crippen MR) is 66.3 cm³/mol. The third-order valence-corrected chi connectivity index (χ3v) is 2.43. The number of nitrogens with zero attached hydrogens (tertiary/aromatic N) is 1. The first-order valence-corrected chi connectivity index (χ1v) is 5.32. The molecule has 0 spiro atoms. The van der Waals surface area contributed by atoms with E-state index in [1.807, 2.05) is 0 Å². The van der Waals surface area contributed by atoms with Gasteiger partial charge in [-0.1, -0.05) is 5.16 Å². The second-order valence-corrected chi connectivity index (χ2v) is 3.71. The lowest BCUT2D eigenvalue weighted by Crippen LogP contribution is -2.31. The fraction of sp³-hybridized carbons (Fsp3) is 0.333. The quantitative estimate of drug-likeness (QED) is 0.467. The van der Waals surface area contributed by atoms with Gasteiger partial charge in [-0.25, -0.2) is 0 Å². The maximum atomic E-state index is 11.0. The molecule has 0 aliphatic heterocycles. The van der Waals surface area contributed by atoms with Crippen LogP contribution in [0.5, 0.6) is 11.5 Å². The van der Waals surface area contributed by atoms with Gasteiger partial charge < -0.3 is 20.4 Å². The highest BCUT2D eigenvalue weighted by Gasteiger charge is 2.15. The first kappa shape index (κ1) is 13.8. The molecular weight excluding hydrogens is 236 g/mol. The summed E-state index contributed by atoms with van der Waals surface area (Å²) in [5, 5.41) is 11.9. The fourth-order valence-corrected chi connectivity index (χ4v) is 1.33. The van der Waals surface area contributed by atoms with Crippen LogP contribution in [0.25, 0.3) is 0 Å². The molecule has 18 heavy (non-hydrogen) atoms. The Hall–Kier alpha value is -2.24. The summed E-state index contributed by atoms with van der Waals surface area (Å²) in [6.45, 7) is 3.15. The second-order valence-electron chi connectivity index (χ2n) is 3.71. The van der Waals surface area contributed by atoms with Crippen molar-refractivity contribution in [2.75, 3.05) is 7.11 Å². The van der Waals surface area contributed by atoms with Gasteiger partial charge in [0.1, 0.15) is 11.5 Å². The summed E-state index contributed by atoms with van der Waals surface area (Å²) in [4.78, 5) is 11.0. The van der Waals surface area contributed by atoms with E-state index in [9.17, 15) is 4.79 Å². The summed E-state index contributed by atoms with van der Waals surface area (Å²) in [5.74, 6) is 0.356. The molecule has 98 valence electrons. The first-order chi connectivity index (χ1) is 8.49. The number of methoxy groups -OCH3 is 1. The van der Waals surface area contributed by atoms with Gasteiger partial charge in [0.25, 0.3) is 5.91 Å². The second kappa shape index (κ2) is 5.90. The number of amides is 1. The molecule has 1 atom stereocenters.